The van der Waals surface area contributed by atoms with Crippen LogP contribution in [-0.4, -0.2) is 25.7 Å². The Morgan fingerprint density at radius 2 is 2.00 bits per heavy atom. The van der Waals surface area contributed by atoms with E-state index in [0.717, 1.165) is 22.9 Å². The number of benzene rings is 1. The van der Waals surface area contributed by atoms with Gasteiger partial charge in [-0.05, 0) is 36.1 Å². The topological polar surface area (TPSA) is 76.0 Å². The maximum absolute atomic E-state index is 11.6. The molecule has 2 aromatic rings. The molecular weight excluding hydrogens is 260 g/mol. The lowest BCUT2D eigenvalue weighted by atomic mass is 9.97. The van der Waals surface area contributed by atoms with E-state index in [9.17, 15) is 8.42 Å². The summed E-state index contributed by atoms with van der Waals surface area (Å²) in [6, 6.07) is 5.22. The van der Waals surface area contributed by atoms with E-state index in [2.05, 4.69) is 18.8 Å². The van der Waals surface area contributed by atoms with Gasteiger partial charge in [-0.25, -0.2) is 8.42 Å². The predicted molar refractivity (Wildman–Crippen MR) is 77.9 cm³/mol. The Morgan fingerprint density at radius 3 is 2.58 bits per heavy atom. The molecule has 1 aromatic heterocycles. The third kappa shape index (κ3) is 2.98. The van der Waals surface area contributed by atoms with Gasteiger partial charge < -0.3 is 10.7 Å². The summed E-state index contributed by atoms with van der Waals surface area (Å²) in [5.41, 5.74) is 8.10. The number of nitrogens with one attached hydrogen (secondary N) is 1. The van der Waals surface area contributed by atoms with Crippen LogP contribution in [0.4, 0.5) is 0 Å². The van der Waals surface area contributed by atoms with Crippen molar-refractivity contribution >= 4 is 20.7 Å². The number of sulfone groups is 1. The van der Waals surface area contributed by atoms with Crippen molar-refractivity contribution in [2.45, 2.75) is 31.2 Å². The van der Waals surface area contributed by atoms with Crippen molar-refractivity contribution in [3.8, 4) is 0 Å². The highest BCUT2D eigenvalue weighted by Gasteiger charge is 2.14. The third-order valence-electron chi connectivity index (χ3n) is 3.48. The average Bonchev–Trinajstić information content (AvgIpc) is 2.70. The van der Waals surface area contributed by atoms with Gasteiger partial charge in [-0.15, -0.1) is 0 Å². The van der Waals surface area contributed by atoms with E-state index in [1.54, 1.807) is 18.2 Å². The first-order valence-corrected chi connectivity index (χ1v) is 8.24. The minimum atomic E-state index is -3.18. The Hall–Kier alpha value is -1.33. The number of nitrogens with two attached hydrogens (primary N) is 1. The molecule has 0 saturated carbocycles. The van der Waals surface area contributed by atoms with Gasteiger partial charge in [-0.3, -0.25) is 0 Å². The van der Waals surface area contributed by atoms with E-state index in [1.165, 1.54) is 6.26 Å². The van der Waals surface area contributed by atoms with Gasteiger partial charge in [0, 0.05) is 29.4 Å². The maximum atomic E-state index is 11.6. The highest BCUT2D eigenvalue weighted by Crippen LogP contribution is 2.23. The van der Waals surface area contributed by atoms with Crippen LogP contribution >= 0.6 is 0 Å². The Balaban J connectivity index is 2.46. The van der Waals surface area contributed by atoms with Crippen LogP contribution in [0.2, 0.25) is 0 Å². The van der Waals surface area contributed by atoms with Crippen molar-refractivity contribution in [1.29, 1.82) is 0 Å². The molecule has 4 nitrogen and oxygen atoms in total. The Bertz CT molecular complexity index is 687. The van der Waals surface area contributed by atoms with Gasteiger partial charge in [0.05, 0.1) is 4.90 Å². The van der Waals surface area contributed by atoms with Gasteiger partial charge in [0.2, 0.25) is 0 Å². The highest BCUT2D eigenvalue weighted by atomic mass is 32.2. The van der Waals surface area contributed by atoms with Crippen LogP contribution in [0.1, 0.15) is 19.4 Å². The van der Waals surface area contributed by atoms with Crippen LogP contribution in [0.15, 0.2) is 29.3 Å². The number of H-pyrrole nitrogens is 1. The molecule has 1 heterocycles. The molecule has 0 aliphatic rings. The molecule has 3 N–H and O–H groups in total. The molecule has 0 saturated heterocycles. The fourth-order valence-electron chi connectivity index (χ4n) is 2.05. The number of hydrogen-bond donors (Lipinski definition) is 2. The molecule has 1 unspecified atom stereocenters. The predicted octanol–water partition coefficient (Wildman–Crippen LogP) is 2.10. The summed E-state index contributed by atoms with van der Waals surface area (Å²) in [4.78, 5) is 3.51. The van der Waals surface area contributed by atoms with Crippen molar-refractivity contribution in [1.82, 2.24) is 4.98 Å². The molecular formula is C14H20N2O2S. The zero-order valence-electron chi connectivity index (χ0n) is 11.5. The van der Waals surface area contributed by atoms with Gasteiger partial charge >= 0.3 is 0 Å². The van der Waals surface area contributed by atoms with E-state index < -0.39 is 9.84 Å². The summed E-state index contributed by atoms with van der Waals surface area (Å²) >= 11 is 0. The third-order valence-corrected chi connectivity index (χ3v) is 4.59. The molecule has 2 rings (SSSR count). The minimum absolute atomic E-state index is 0.0703. The van der Waals surface area contributed by atoms with E-state index >= 15 is 0 Å². The van der Waals surface area contributed by atoms with E-state index in [1.807, 2.05) is 6.20 Å². The highest BCUT2D eigenvalue weighted by molar-refractivity contribution is 7.90. The molecule has 1 atom stereocenters. The molecule has 0 aliphatic carbocycles. The number of aromatic amines is 1. The summed E-state index contributed by atoms with van der Waals surface area (Å²) in [5.74, 6) is 0.392. The average molecular weight is 280 g/mol. The fraction of sp³-hybridized carbons (Fsp3) is 0.429. The second kappa shape index (κ2) is 4.98. The van der Waals surface area contributed by atoms with E-state index in [-0.39, 0.29) is 6.04 Å². The second-order valence-corrected chi connectivity index (χ2v) is 7.42. The van der Waals surface area contributed by atoms with Crippen molar-refractivity contribution in [3.63, 3.8) is 0 Å². The van der Waals surface area contributed by atoms with Crippen LogP contribution in [0, 0.1) is 5.92 Å². The van der Waals surface area contributed by atoms with Crippen molar-refractivity contribution < 1.29 is 8.42 Å². The first-order valence-electron chi connectivity index (χ1n) is 6.34. The standard InChI is InChI=1S/C14H20N2O2S/c1-9(2)13(15)6-10-8-16-14-5-4-11(7-12(10)14)19(3,17)18/h4-5,7-9,13,16H,6,15H2,1-3H3. The molecule has 0 aliphatic heterocycles. The summed E-state index contributed by atoms with van der Waals surface area (Å²) in [6.07, 6.45) is 3.88. The molecule has 0 amide bonds. The van der Waals surface area contributed by atoms with Gasteiger partial charge in [0.25, 0.3) is 0 Å². The molecule has 0 spiro atoms. The van der Waals surface area contributed by atoms with Crippen LogP contribution in [0.5, 0.6) is 0 Å². The quantitative estimate of drug-likeness (QED) is 0.900. The van der Waals surface area contributed by atoms with Crippen LogP contribution in [0.3, 0.4) is 0 Å². The Morgan fingerprint density at radius 1 is 1.32 bits per heavy atom. The zero-order chi connectivity index (χ0) is 14.2. The largest absolute Gasteiger partial charge is 0.361 e. The summed E-state index contributed by atoms with van der Waals surface area (Å²) in [5, 5.41) is 0.944. The fourth-order valence-corrected chi connectivity index (χ4v) is 2.69. The minimum Gasteiger partial charge on any atom is -0.361 e. The van der Waals surface area contributed by atoms with Crippen molar-refractivity contribution in [2.75, 3.05) is 6.26 Å². The monoisotopic (exact) mass is 280 g/mol. The molecule has 0 fully saturated rings. The number of aromatic nitrogens is 1. The van der Waals surface area contributed by atoms with E-state index in [4.69, 9.17) is 5.73 Å². The smallest absolute Gasteiger partial charge is 0.175 e. The van der Waals surface area contributed by atoms with Crippen LogP contribution in [0.25, 0.3) is 10.9 Å². The lowest BCUT2D eigenvalue weighted by molar-refractivity contribution is 0.491. The van der Waals surface area contributed by atoms with Gasteiger partial charge in [-0.1, -0.05) is 13.8 Å². The van der Waals surface area contributed by atoms with Crippen molar-refractivity contribution in [2.24, 2.45) is 11.7 Å². The first-order chi connectivity index (χ1) is 8.79. The van der Waals surface area contributed by atoms with Crippen LogP contribution < -0.4 is 5.73 Å². The summed E-state index contributed by atoms with van der Waals surface area (Å²) < 4.78 is 23.2. The molecule has 104 valence electrons. The van der Waals surface area contributed by atoms with Crippen LogP contribution in [-0.2, 0) is 16.3 Å². The lowest BCUT2D eigenvalue weighted by Crippen LogP contribution is -2.28. The number of fused-ring (bicyclic) bond motifs is 1. The van der Waals surface area contributed by atoms with Gasteiger partial charge in [0.15, 0.2) is 9.84 Å². The van der Waals surface area contributed by atoms with Gasteiger partial charge in [0.1, 0.15) is 0 Å². The zero-order valence-corrected chi connectivity index (χ0v) is 12.3. The molecule has 1 aromatic carbocycles. The first kappa shape index (κ1) is 14.1. The summed E-state index contributed by atoms with van der Waals surface area (Å²) in [7, 11) is -3.18. The molecule has 5 heteroatoms. The normalized spacial score (nSPS) is 14.2. The van der Waals surface area contributed by atoms with Crippen molar-refractivity contribution in [3.05, 3.63) is 30.0 Å². The number of rotatable bonds is 4. The van der Waals surface area contributed by atoms with E-state index in [0.29, 0.717) is 10.8 Å². The Kier molecular flexibility index (Phi) is 3.69. The Labute approximate surface area is 113 Å². The summed E-state index contributed by atoms with van der Waals surface area (Å²) in [6.45, 7) is 4.17. The molecule has 0 bridgehead atoms. The second-order valence-electron chi connectivity index (χ2n) is 5.41. The lowest BCUT2D eigenvalue weighted by Gasteiger charge is -2.14. The SMILES string of the molecule is CC(C)C(N)Cc1c[nH]c2ccc(S(C)(=O)=O)cc12. The molecule has 0 radical (unpaired) electrons. The molecule has 19 heavy (non-hydrogen) atoms. The van der Waals surface area contributed by atoms with Gasteiger partial charge in [-0.2, -0.15) is 0 Å². The maximum Gasteiger partial charge on any atom is 0.175 e. The number of hydrogen-bond acceptors (Lipinski definition) is 3.